The highest BCUT2D eigenvalue weighted by Crippen LogP contribution is 2.71. The highest BCUT2D eigenvalue weighted by molar-refractivity contribution is 5.99. The molecule has 5 aliphatic rings. The van der Waals surface area contributed by atoms with E-state index < -0.39 is 0 Å². The average Bonchev–Trinajstić information content (AvgIpc) is 3.12. The van der Waals surface area contributed by atoms with Crippen LogP contribution >= 0.6 is 0 Å². The summed E-state index contributed by atoms with van der Waals surface area (Å²) in [6.07, 6.45) is 8.05. The van der Waals surface area contributed by atoms with E-state index in [4.69, 9.17) is 9.47 Å². The zero-order valence-electron chi connectivity index (χ0n) is 23.3. The number of aliphatic hydroxyl groups is 1. The summed E-state index contributed by atoms with van der Waals surface area (Å²) in [5, 5.41) is 9.87. The van der Waals surface area contributed by atoms with Crippen LogP contribution in [0.15, 0.2) is 22.8 Å². The molecule has 0 heterocycles. The lowest BCUT2D eigenvalue weighted by atomic mass is 9.44. The van der Waals surface area contributed by atoms with E-state index in [0.29, 0.717) is 24.2 Å². The Morgan fingerprint density at radius 2 is 1.84 bits per heavy atom. The molecule has 3 saturated carbocycles. The SMILES string of the molecule is CC(=O)O[C@H]1CC[C@@]2(C)C(=CC[C@H]3[C@@H]4C[C@H](OC(C)=O)[C@@H]5[C@H](C)C(=O)C(C[C@@H](C)CO)=C(C[C@@H]32)[C@]54C)C1. The molecule has 10 atom stereocenters. The Balaban J connectivity index is 1.60. The van der Waals surface area contributed by atoms with Crippen LogP contribution in [-0.2, 0) is 23.9 Å². The molecule has 0 unspecified atom stereocenters. The lowest BCUT2D eigenvalue weighted by Gasteiger charge is -2.60. The summed E-state index contributed by atoms with van der Waals surface area (Å²) in [4.78, 5) is 37.7. The zero-order valence-corrected chi connectivity index (χ0v) is 23.3. The van der Waals surface area contributed by atoms with Crippen LogP contribution in [0, 0.1) is 46.3 Å². The van der Waals surface area contributed by atoms with Gasteiger partial charge in [0, 0.05) is 38.7 Å². The molecule has 0 saturated heterocycles. The van der Waals surface area contributed by atoms with Gasteiger partial charge in [-0.2, -0.15) is 0 Å². The first-order valence-corrected chi connectivity index (χ1v) is 14.3. The molecule has 6 nitrogen and oxygen atoms in total. The van der Waals surface area contributed by atoms with Gasteiger partial charge in [0.15, 0.2) is 5.78 Å². The topological polar surface area (TPSA) is 89.9 Å². The predicted octanol–water partition coefficient (Wildman–Crippen LogP) is 5.18. The van der Waals surface area contributed by atoms with E-state index in [1.807, 2.05) is 13.8 Å². The Hall–Kier alpha value is -1.95. The Bertz CT molecular complexity index is 1060. The van der Waals surface area contributed by atoms with Crippen LogP contribution in [-0.4, -0.2) is 41.6 Å². The molecular weight excluding hydrogens is 468 g/mol. The molecule has 0 spiro atoms. The second-order valence-corrected chi connectivity index (χ2v) is 13.2. The second-order valence-electron chi connectivity index (χ2n) is 13.2. The van der Waals surface area contributed by atoms with Crippen molar-refractivity contribution in [3.05, 3.63) is 22.8 Å². The van der Waals surface area contributed by atoms with E-state index in [1.165, 1.54) is 25.0 Å². The normalized spacial score (nSPS) is 43.3. The van der Waals surface area contributed by atoms with E-state index in [-0.39, 0.29) is 65.1 Å². The van der Waals surface area contributed by atoms with Crippen molar-refractivity contribution in [1.82, 2.24) is 0 Å². The van der Waals surface area contributed by atoms with Crippen molar-refractivity contribution in [2.24, 2.45) is 46.3 Å². The fourth-order valence-electron chi connectivity index (χ4n) is 9.62. The number of carbonyl (C=O) groups excluding carboxylic acids is 3. The largest absolute Gasteiger partial charge is 0.462 e. The zero-order chi connectivity index (χ0) is 26.9. The molecule has 0 aromatic heterocycles. The molecule has 0 aromatic carbocycles. The lowest BCUT2D eigenvalue weighted by Crippen LogP contribution is -2.55. The van der Waals surface area contributed by atoms with Crippen molar-refractivity contribution in [1.29, 1.82) is 0 Å². The van der Waals surface area contributed by atoms with Gasteiger partial charge in [-0.25, -0.2) is 0 Å². The molecule has 0 bridgehead atoms. The third-order valence-electron chi connectivity index (χ3n) is 11.2. The lowest BCUT2D eigenvalue weighted by molar-refractivity contribution is -0.152. The first kappa shape index (κ1) is 26.6. The minimum atomic E-state index is -0.268. The number of hydrogen-bond donors (Lipinski definition) is 1. The Morgan fingerprint density at radius 3 is 2.49 bits per heavy atom. The summed E-state index contributed by atoms with van der Waals surface area (Å²) in [5.41, 5.74) is 3.44. The standard InChI is InChI=1S/C31H44O6/c1-16(15-32)11-23-25-13-24-22(8-7-20-12-21(36-18(3)33)9-10-30(20,24)5)26-14-27(37-19(4)34)28(31(25,26)6)17(2)29(23)35/h7,16-17,21-22,24,26-28,32H,8-15H2,1-6H3/t16-,17+,21+,22-,24+,26+,27+,28+,30+,31+/m1/s1. The maximum atomic E-state index is 13.9. The summed E-state index contributed by atoms with van der Waals surface area (Å²) < 4.78 is 11.6. The monoisotopic (exact) mass is 512 g/mol. The molecule has 0 radical (unpaired) electrons. The second kappa shape index (κ2) is 9.36. The van der Waals surface area contributed by atoms with Gasteiger partial charge in [-0.1, -0.05) is 44.9 Å². The van der Waals surface area contributed by atoms with Gasteiger partial charge in [0.05, 0.1) is 0 Å². The van der Waals surface area contributed by atoms with Crippen molar-refractivity contribution < 1.29 is 29.0 Å². The van der Waals surface area contributed by atoms with E-state index in [1.54, 1.807) is 0 Å². The molecule has 0 amide bonds. The summed E-state index contributed by atoms with van der Waals surface area (Å²) in [7, 11) is 0. The molecule has 204 valence electrons. The first-order valence-electron chi connectivity index (χ1n) is 14.3. The number of ether oxygens (including phenoxy) is 2. The van der Waals surface area contributed by atoms with Gasteiger partial charge in [-0.05, 0) is 78.6 Å². The number of esters is 2. The number of hydrogen-bond acceptors (Lipinski definition) is 6. The van der Waals surface area contributed by atoms with Crippen molar-refractivity contribution >= 4 is 17.7 Å². The summed E-state index contributed by atoms with van der Waals surface area (Å²) in [6.45, 7) is 11.8. The molecule has 0 aliphatic heterocycles. The fourth-order valence-corrected chi connectivity index (χ4v) is 9.62. The first-order chi connectivity index (χ1) is 17.4. The Kier molecular flexibility index (Phi) is 6.74. The highest BCUT2D eigenvalue weighted by Gasteiger charge is 2.67. The van der Waals surface area contributed by atoms with Crippen molar-refractivity contribution in [2.75, 3.05) is 6.61 Å². The van der Waals surface area contributed by atoms with Gasteiger partial charge in [0.2, 0.25) is 0 Å². The molecule has 0 aromatic rings. The minimum absolute atomic E-state index is 0.00271. The quantitative estimate of drug-likeness (QED) is 0.403. The van der Waals surface area contributed by atoms with Crippen LogP contribution in [0.5, 0.6) is 0 Å². The molecule has 1 N–H and O–H groups in total. The van der Waals surface area contributed by atoms with E-state index in [2.05, 4.69) is 19.9 Å². The molecular formula is C31H44O6. The fraction of sp³-hybridized carbons (Fsp3) is 0.774. The summed E-state index contributed by atoms with van der Waals surface area (Å²) >= 11 is 0. The summed E-state index contributed by atoms with van der Waals surface area (Å²) in [6, 6.07) is 0. The average molecular weight is 513 g/mol. The predicted molar refractivity (Wildman–Crippen MR) is 139 cm³/mol. The number of fused-ring (bicyclic) bond motifs is 4. The van der Waals surface area contributed by atoms with Gasteiger partial charge < -0.3 is 14.6 Å². The van der Waals surface area contributed by atoms with Crippen molar-refractivity contribution in [2.45, 2.75) is 98.7 Å². The molecule has 6 heteroatoms. The molecule has 3 fully saturated rings. The number of rotatable bonds is 5. The van der Waals surface area contributed by atoms with E-state index in [9.17, 15) is 19.5 Å². The molecule has 5 rings (SSSR count). The maximum absolute atomic E-state index is 13.9. The van der Waals surface area contributed by atoms with E-state index in [0.717, 1.165) is 44.1 Å². The van der Waals surface area contributed by atoms with Gasteiger partial charge >= 0.3 is 11.9 Å². The third kappa shape index (κ3) is 4.04. The van der Waals surface area contributed by atoms with Crippen LogP contribution in [0.2, 0.25) is 0 Å². The van der Waals surface area contributed by atoms with Gasteiger partial charge in [0.25, 0.3) is 0 Å². The number of carbonyl (C=O) groups is 3. The summed E-state index contributed by atoms with van der Waals surface area (Å²) in [5.74, 6) is 0.723. The third-order valence-corrected chi connectivity index (χ3v) is 11.2. The van der Waals surface area contributed by atoms with Gasteiger partial charge in [-0.3, -0.25) is 14.4 Å². The van der Waals surface area contributed by atoms with Crippen LogP contribution in [0.3, 0.4) is 0 Å². The van der Waals surface area contributed by atoms with Gasteiger partial charge in [0.1, 0.15) is 12.2 Å². The Labute approximate surface area is 221 Å². The minimum Gasteiger partial charge on any atom is -0.462 e. The Morgan fingerprint density at radius 1 is 1.14 bits per heavy atom. The number of aliphatic hydroxyl groups excluding tert-OH is 1. The molecule has 5 aliphatic carbocycles. The van der Waals surface area contributed by atoms with Crippen LogP contribution in [0.1, 0.15) is 86.5 Å². The van der Waals surface area contributed by atoms with Crippen LogP contribution < -0.4 is 0 Å². The van der Waals surface area contributed by atoms with E-state index >= 15 is 0 Å². The number of allylic oxidation sites excluding steroid dienone is 3. The molecule has 37 heavy (non-hydrogen) atoms. The van der Waals surface area contributed by atoms with Crippen LogP contribution in [0.25, 0.3) is 0 Å². The van der Waals surface area contributed by atoms with Crippen molar-refractivity contribution in [3.8, 4) is 0 Å². The number of ketones is 1. The smallest absolute Gasteiger partial charge is 0.302 e. The number of Topliss-reactive ketones (excluding diaryl/α,β-unsaturated/α-hetero) is 1. The maximum Gasteiger partial charge on any atom is 0.302 e. The van der Waals surface area contributed by atoms with Gasteiger partial charge in [-0.15, -0.1) is 0 Å². The van der Waals surface area contributed by atoms with Crippen LogP contribution in [0.4, 0.5) is 0 Å². The van der Waals surface area contributed by atoms with Crippen molar-refractivity contribution in [3.63, 3.8) is 0 Å². The highest BCUT2D eigenvalue weighted by atomic mass is 16.5.